The summed E-state index contributed by atoms with van der Waals surface area (Å²) >= 11 is 0. The van der Waals surface area contributed by atoms with Gasteiger partial charge in [0, 0.05) is 31.9 Å². The van der Waals surface area contributed by atoms with E-state index in [4.69, 9.17) is 14.5 Å². The molecule has 1 fully saturated rings. The van der Waals surface area contributed by atoms with Crippen molar-refractivity contribution in [3.05, 3.63) is 29.3 Å². The lowest BCUT2D eigenvalue weighted by Crippen LogP contribution is -2.40. The summed E-state index contributed by atoms with van der Waals surface area (Å²) in [4.78, 5) is 4.73. The largest absolute Gasteiger partial charge is 0.496 e. The fourth-order valence-corrected chi connectivity index (χ4v) is 2.88. The van der Waals surface area contributed by atoms with Gasteiger partial charge in [0.2, 0.25) is 0 Å². The van der Waals surface area contributed by atoms with E-state index < -0.39 is 0 Å². The lowest BCUT2D eigenvalue weighted by Gasteiger charge is -2.18. The molecule has 1 aliphatic carbocycles. The van der Waals surface area contributed by atoms with E-state index in [1.165, 1.54) is 18.4 Å². The molecule has 0 amide bonds. The highest BCUT2D eigenvalue weighted by Crippen LogP contribution is 2.48. The molecule has 1 saturated carbocycles. The van der Waals surface area contributed by atoms with Crippen LogP contribution in [0.3, 0.4) is 0 Å². The van der Waals surface area contributed by atoms with Crippen LogP contribution in [0.1, 0.15) is 44.2 Å². The average molecular weight is 475 g/mol. The molecule has 1 aliphatic rings. The number of aliphatic imine (C=N–C) groups is 1. The van der Waals surface area contributed by atoms with Crippen LogP contribution in [-0.4, -0.2) is 39.4 Å². The Balaban J connectivity index is 0.00000338. The van der Waals surface area contributed by atoms with Gasteiger partial charge in [-0.2, -0.15) is 0 Å². The molecule has 1 aromatic rings. The SMILES string of the molecule is CCNC(=NCc1ccc(C)cc1OC)NCC1(CCOCC)CC1.I. The molecule has 1 aromatic carbocycles. The summed E-state index contributed by atoms with van der Waals surface area (Å²) in [7, 11) is 1.71. The molecule has 0 atom stereocenters. The zero-order valence-corrected chi connectivity index (χ0v) is 18.9. The van der Waals surface area contributed by atoms with E-state index in [-0.39, 0.29) is 24.0 Å². The van der Waals surface area contributed by atoms with Gasteiger partial charge >= 0.3 is 0 Å². The number of ether oxygens (including phenoxy) is 2. The molecule has 0 heterocycles. The number of hydrogen-bond donors (Lipinski definition) is 2. The third kappa shape index (κ3) is 7.31. The van der Waals surface area contributed by atoms with Crippen LogP contribution in [0.5, 0.6) is 5.75 Å². The second kappa shape index (κ2) is 11.6. The van der Waals surface area contributed by atoms with Gasteiger partial charge < -0.3 is 20.1 Å². The van der Waals surface area contributed by atoms with Gasteiger partial charge in [0.1, 0.15) is 5.75 Å². The summed E-state index contributed by atoms with van der Waals surface area (Å²) in [5.41, 5.74) is 2.69. The maximum atomic E-state index is 5.52. The van der Waals surface area contributed by atoms with Crippen molar-refractivity contribution in [3.63, 3.8) is 0 Å². The number of aryl methyl sites for hydroxylation is 1. The Bertz CT molecular complexity index is 574. The lowest BCUT2D eigenvalue weighted by atomic mass is 10.0. The molecule has 2 rings (SSSR count). The van der Waals surface area contributed by atoms with E-state index in [0.717, 1.165) is 50.0 Å². The standard InChI is InChI=1S/C20H33N3O2.HI/c1-5-21-19(23-15-20(9-10-20)11-12-25-6-2)22-14-17-8-7-16(3)13-18(17)24-4;/h7-8,13H,5-6,9-12,14-15H2,1-4H3,(H2,21,22,23);1H. The highest BCUT2D eigenvalue weighted by molar-refractivity contribution is 14.0. The molecule has 0 aromatic heterocycles. The minimum Gasteiger partial charge on any atom is -0.496 e. The molecule has 0 radical (unpaired) electrons. The van der Waals surface area contributed by atoms with E-state index in [0.29, 0.717) is 12.0 Å². The van der Waals surface area contributed by atoms with Crippen molar-refractivity contribution in [1.82, 2.24) is 10.6 Å². The number of hydrogen-bond acceptors (Lipinski definition) is 3. The summed E-state index contributed by atoms with van der Waals surface area (Å²) < 4.78 is 11.0. The van der Waals surface area contributed by atoms with Crippen LogP contribution in [-0.2, 0) is 11.3 Å². The first-order valence-corrected chi connectivity index (χ1v) is 9.36. The van der Waals surface area contributed by atoms with Gasteiger partial charge in [-0.1, -0.05) is 12.1 Å². The summed E-state index contributed by atoms with van der Waals surface area (Å²) in [5.74, 6) is 1.77. The number of nitrogens with one attached hydrogen (secondary N) is 2. The Labute approximate surface area is 175 Å². The monoisotopic (exact) mass is 475 g/mol. The molecule has 2 N–H and O–H groups in total. The number of nitrogens with zero attached hydrogens (tertiary/aromatic N) is 1. The summed E-state index contributed by atoms with van der Waals surface area (Å²) in [6.07, 6.45) is 3.68. The zero-order chi connectivity index (χ0) is 18.1. The van der Waals surface area contributed by atoms with Crippen molar-refractivity contribution in [1.29, 1.82) is 0 Å². The van der Waals surface area contributed by atoms with Crippen molar-refractivity contribution < 1.29 is 9.47 Å². The second-order valence-electron chi connectivity index (χ2n) is 6.81. The predicted octanol–water partition coefficient (Wildman–Crippen LogP) is 3.88. The van der Waals surface area contributed by atoms with Crippen LogP contribution in [0.25, 0.3) is 0 Å². The fourth-order valence-electron chi connectivity index (χ4n) is 2.88. The Morgan fingerprint density at radius 3 is 2.62 bits per heavy atom. The Hall–Kier alpha value is -1.02. The van der Waals surface area contributed by atoms with Crippen LogP contribution < -0.4 is 15.4 Å². The van der Waals surface area contributed by atoms with Crippen LogP contribution in [0.2, 0.25) is 0 Å². The van der Waals surface area contributed by atoms with Crippen LogP contribution in [0.15, 0.2) is 23.2 Å². The first kappa shape index (κ1) is 23.0. The normalized spacial score (nSPS) is 15.2. The van der Waals surface area contributed by atoms with Gasteiger partial charge in [-0.05, 0) is 57.1 Å². The Morgan fingerprint density at radius 1 is 1.23 bits per heavy atom. The van der Waals surface area contributed by atoms with Gasteiger partial charge in [-0.3, -0.25) is 0 Å². The van der Waals surface area contributed by atoms with E-state index in [1.807, 2.05) is 6.92 Å². The number of halogens is 1. The van der Waals surface area contributed by atoms with Gasteiger partial charge in [-0.25, -0.2) is 4.99 Å². The van der Waals surface area contributed by atoms with Gasteiger partial charge in [0.25, 0.3) is 0 Å². The van der Waals surface area contributed by atoms with Crippen molar-refractivity contribution >= 4 is 29.9 Å². The third-order valence-corrected chi connectivity index (χ3v) is 4.76. The minimum atomic E-state index is 0. The van der Waals surface area contributed by atoms with Crippen molar-refractivity contribution in [2.45, 2.75) is 46.6 Å². The van der Waals surface area contributed by atoms with Crippen molar-refractivity contribution in [2.24, 2.45) is 10.4 Å². The van der Waals surface area contributed by atoms with Crippen molar-refractivity contribution in [3.8, 4) is 5.75 Å². The van der Waals surface area contributed by atoms with E-state index in [1.54, 1.807) is 7.11 Å². The van der Waals surface area contributed by atoms with Gasteiger partial charge in [0.15, 0.2) is 5.96 Å². The molecular formula is C20H34IN3O2. The highest BCUT2D eigenvalue weighted by Gasteiger charge is 2.41. The number of methoxy groups -OCH3 is 1. The molecule has 5 nitrogen and oxygen atoms in total. The third-order valence-electron chi connectivity index (χ3n) is 4.76. The van der Waals surface area contributed by atoms with E-state index >= 15 is 0 Å². The molecular weight excluding hydrogens is 441 g/mol. The molecule has 6 heteroatoms. The van der Waals surface area contributed by atoms with Crippen LogP contribution in [0.4, 0.5) is 0 Å². The van der Waals surface area contributed by atoms with E-state index in [2.05, 4.69) is 42.7 Å². The fraction of sp³-hybridized carbons (Fsp3) is 0.650. The number of rotatable bonds is 10. The summed E-state index contributed by atoms with van der Waals surface area (Å²) in [5, 5.41) is 6.85. The van der Waals surface area contributed by atoms with Crippen molar-refractivity contribution in [2.75, 3.05) is 33.4 Å². The highest BCUT2D eigenvalue weighted by atomic mass is 127. The molecule has 26 heavy (non-hydrogen) atoms. The molecule has 0 aliphatic heterocycles. The molecule has 0 saturated heterocycles. The second-order valence-corrected chi connectivity index (χ2v) is 6.81. The van der Waals surface area contributed by atoms with E-state index in [9.17, 15) is 0 Å². The zero-order valence-electron chi connectivity index (χ0n) is 16.6. The lowest BCUT2D eigenvalue weighted by molar-refractivity contribution is 0.128. The smallest absolute Gasteiger partial charge is 0.191 e. The maximum Gasteiger partial charge on any atom is 0.191 e. The summed E-state index contributed by atoms with van der Waals surface area (Å²) in [6, 6.07) is 6.24. The molecule has 0 spiro atoms. The number of benzene rings is 1. The quantitative estimate of drug-likeness (QED) is 0.234. The topological polar surface area (TPSA) is 54.9 Å². The average Bonchev–Trinajstić information content (AvgIpc) is 3.38. The van der Waals surface area contributed by atoms with Gasteiger partial charge in [-0.15, -0.1) is 24.0 Å². The van der Waals surface area contributed by atoms with Gasteiger partial charge in [0.05, 0.1) is 13.7 Å². The molecule has 0 bridgehead atoms. The first-order chi connectivity index (χ1) is 12.1. The summed E-state index contributed by atoms with van der Waals surface area (Å²) in [6.45, 7) is 10.3. The number of guanidine groups is 1. The van der Waals surface area contributed by atoms with Crippen LogP contribution >= 0.6 is 24.0 Å². The first-order valence-electron chi connectivity index (χ1n) is 9.36. The van der Waals surface area contributed by atoms with Crippen LogP contribution in [0, 0.1) is 12.3 Å². The Morgan fingerprint density at radius 2 is 2.00 bits per heavy atom. The maximum absolute atomic E-state index is 5.52. The minimum absolute atomic E-state index is 0. The molecule has 0 unspecified atom stereocenters. The molecule has 148 valence electrons. The Kier molecular flexibility index (Phi) is 10.3. The predicted molar refractivity (Wildman–Crippen MR) is 119 cm³/mol.